The van der Waals surface area contributed by atoms with Crippen LogP contribution in [0.5, 0.6) is 0 Å². The molecule has 1 aromatic carbocycles. The summed E-state index contributed by atoms with van der Waals surface area (Å²) < 4.78 is 5.42. The molecule has 2 aromatic rings. The minimum absolute atomic E-state index is 0.133. The Bertz CT molecular complexity index is 751. The SMILES string of the molecule is O=C(Nc1ccccc1N1CCOCC1)c1ccc(N2CCCC2)nc1. The first kappa shape index (κ1) is 16.8. The highest BCUT2D eigenvalue weighted by atomic mass is 16.5. The van der Waals surface area contributed by atoms with Crippen molar-refractivity contribution in [2.24, 2.45) is 0 Å². The lowest BCUT2D eigenvalue weighted by Crippen LogP contribution is -2.36. The third-order valence-corrected chi connectivity index (χ3v) is 4.94. The monoisotopic (exact) mass is 352 g/mol. The first-order chi connectivity index (χ1) is 12.8. The van der Waals surface area contributed by atoms with Crippen LogP contribution in [0.1, 0.15) is 23.2 Å². The largest absolute Gasteiger partial charge is 0.378 e. The van der Waals surface area contributed by atoms with Crippen molar-refractivity contribution in [3.63, 3.8) is 0 Å². The fourth-order valence-electron chi connectivity index (χ4n) is 3.51. The van der Waals surface area contributed by atoms with Crippen LogP contribution in [0.3, 0.4) is 0 Å². The number of carbonyl (C=O) groups excluding carboxylic acids is 1. The number of carbonyl (C=O) groups is 1. The highest BCUT2D eigenvalue weighted by Gasteiger charge is 2.17. The number of anilines is 3. The molecule has 0 bridgehead atoms. The van der Waals surface area contributed by atoms with E-state index in [1.165, 1.54) is 12.8 Å². The zero-order valence-corrected chi connectivity index (χ0v) is 14.9. The van der Waals surface area contributed by atoms with Crippen LogP contribution in [-0.4, -0.2) is 50.3 Å². The van der Waals surface area contributed by atoms with Gasteiger partial charge in [-0.1, -0.05) is 12.1 Å². The molecule has 4 rings (SSSR count). The Hall–Kier alpha value is -2.60. The number of pyridine rings is 1. The Morgan fingerprint density at radius 2 is 1.73 bits per heavy atom. The van der Waals surface area contributed by atoms with E-state index in [1.54, 1.807) is 6.20 Å². The minimum Gasteiger partial charge on any atom is -0.378 e. The van der Waals surface area contributed by atoms with Gasteiger partial charge >= 0.3 is 0 Å². The van der Waals surface area contributed by atoms with Gasteiger partial charge in [0.05, 0.1) is 30.2 Å². The molecule has 26 heavy (non-hydrogen) atoms. The van der Waals surface area contributed by atoms with Crippen molar-refractivity contribution >= 4 is 23.1 Å². The normalized spacial score (nSPS) is 17.4. The number of nitrogens with one attached hydrogen (secondary N) is 1. The summed E-state index contributed by atoms with van der Waals surface area (Å²) in [4.78, 5) is 21.7. The fraction of sp³-hybridized carbons (Fsp3) is 0.400. The van der Waals surface area contributed by atoms with Crippen LogP contribution >= 0.6 is 0 Å². The summed E-state index contributed by atoms with van der Waals surface area (Å²) in [5, 5.41) is 3.04. The van der Waals surface area contributed by atoms with Crippen LogP contribution in [0.25, 0.3) is 0 Å². The number of ether oxygens (including phenoxy) is 1. The minimum atomic E-state index is -0.133. The van der Waals surface area contributed by atoms with E-state index < -0.39 is 0 Å². The molecule has 2 aliphatic rings. The second kappa shape index (κ2) is 7.74. The van der Waals surface area contributed by atoms with Crippen molar-refractivity contribution in [1.29, 1.82) is 0 Å². The van der Waals surface area contributed by atoms with E-state index in [0.29, 0.717) is 18.8 Å². The topological polar surface area (TPSA) is 57.7 Å². The Morgan fingerprint density at radius 3 is 2.46 bits per heavy atom. The fourth-order valence-corrected chi connectivity index (χ4v) is 3.51. The van der Waals surface area contributed by atoms with E-state index in [1.807, 2.05) is 36.4 Å². The predicted molar refractivity (Wildman–Crippen MR) is 103 cm³/mol. The van der Waals surface area contributed by atoms with Gasteiger partial charge in [0.25, 0.3) is 5.91 Å². The molecular formula is C20H24N4O2. The number of aromatic nitrogens is 1. The number of nitrogens with zero attached hydrogens (tertiary/aromatic N) is 3. The summed E-state index contributed by atoms with van der Waals surface area (Å²) in [5.41, 5.74) is 2.43. The third-order valence-electron chi connectivity index (χ3n) is 4.94. The molecule has 2 aliphatic heterocycles. The number of hydrogen-bond donors (Lipinski definition) is 1. The van der Waals surface area contributed by atoms with Crippen molar-refractivity contribution in [2.75, 3.05) is 54.5 Å². The van der Waals surface area contributed by atoms with Gasteiger partial charge in [-0.3, -0.25) is 4.79 Å². The average Bonchev–Trinajstić information content (AvgIpc) is 3.24. The summed E-state index contributed by atoms with van der Waals surface area (Å²) in [6.45, 7) is 5.18. The van der Waals surface area contributed by atoms with Gasteiger partial charge in [-0.2, -0.15) is 0 Å². The number of morpholine rings is 1. The lowest BCUT2D eigenvalue weighted by atomic mass is 10.2. The van der Waals surface area contributed by atoms with Gasteiger partial charge in [-0.15, -0.1) is 0 Å². The van der Waals surface area contributed by atoms with E-state index in [0.717, 1.165) is 43.4 Å². The molecule has 0 saturated carbocycles. The molecule has 2 saturated heterocycles. The quantitative estimate of drug-likeness (QED) is 0.917. The summed E-state index contributed by atoms with van der Waals surface area (Å²) in [7, 11) is 0. The highest BCUT2D eigenvalue weighted by molar-refractivity contribution is 6.05. The van der Waals surface area contributed by atoms with E-state index in [9.17, 15) is 4.79 Å². The van der Waals surface area contributed by atoms with Crippen LogP contribution < -0.4 is 15.1 Å². The van der Waals surface area contributed by atoms with E-state index in [4.69, 9.17) is 4.74 Å². The number of benzene rings is 1. The maximum Gasteiger partial charge on any atom is 0.257 e. The Balaban J connectivity index is 1.47. The zero-order valence-electron chi connectivity index (χ0n) is 14.9. The third kappa shape index (κ3) is 3.65. The van der Waals surface area contributed by atoms with Crippen molar-refractivity contribution in [3.05, 3.63) is 48.2 Å². The molecule has 0 atom stereocenters. The molecule has 0 radical (unpaired) electrons. The van der Waals surface area contributed by atoms with Gasteiger partial charge in [-0.25, -0.2) is 4.98 Å². The molecule has 6 heteroatoms. The van der Waals surface area contributed by atoms with Crippen molar-refractivity contribution in [1.82, 2.24) is 4.98 Å². The lowest BCUT2D eigenvalue weighted by Gasteiger charge is -2.30. The number of para-hydroxylation sites is 2. The average molecular weight is 352 g/mol. The molecule has 1 amide bonds. The van der Waals surface area contributed by atoms with E-state index in [2.05, 4.69) is 20.1 Å². The molecule has 6 nitrogen and oxygen atoms in total. The number of amides is 1. The Labute approximate surface area is 153 Å². The van der Waals surface area contributed by atoms with Crippen LogP contribution in [0, 0.1) is 0 Å². The van der Waals surface area contributed by atoms with Gasteiger partial charge in [-0.05, 0) is 37.1 Å². The van der Waals surface area contributed by atoms with Crippen molar-refractivity contribution in [2.45, 2.75) is 12.8 Å². The van der Waals surface area contributed by atoms with Gasteiger partial charge < -0.3 is 19.9 Å². The zero-order chi connectivity index (χ0) is 17.8. The molecule has 3 heterocycles. The van der Waals surface area contributed by atoms with Gasteiger partial charge in [0, 0.05) is 32.4 Å². The highest BCUT2D eigenvalue weighted by Crippen LogP contribution is 2.27. The second-order valence-electron chi connectivity index (χ2n) is 6.67. The van der Waals surface area contributed by atoms with Crippen molar-refractivity contribution in [3.8, 4) is 0 Å². The van der Waals surface area contributed by atoms with E-state index >= 15 is 0 Å². The summed E-state index contributed by atoms with van der Waals surface area (Å²) in [5.74, 6) is 0.818. The molecule has 2 fully saturated rings. The Morgan fingerprint density at radius 1 is 0.962 bits per heavy atom. The van der Waals surface area contributed by atoms with Gasteiger partial charge in [0.2, 0.25) is 0 Å². The molecule has 1 aromatic heterocycles. The van der Waals surface area contributed by atoms with E-state index in [-0.39, 0.29) is 5.91 Å². The number of rotatable bonds is 4. The maximum absolute atomic E-state index is 12.7. The lowest BCUT2D eigenvalue weighted by molar-refractivity contribution is 0.102. The van der Waals surface area contributed by atoms with Crippen LogP contribution in [0.15, 0.2) is 42.6 Å². The standard InChI is InChI=1S/C20H24N4O2/c25-20(16-7-8-19(21-15-16)24-9-3-4-10-24)22-17-5-1-2-6-18(17)23-11-13-26-14-12-23/h1-2,5-8,15H,3-4,9-14H2,(H,22,25). The molecular weight excluding hydrogens is 328 g/mol. The molecule has 0 aliphatic carbocycles. The summed E-state index contributed by atoms with van der Waals surface area (Å²) in [6, 6.07) is 11.7. The molecule has 0 unspecified atom stereocenters. The summed E-state index contributed by atoms with van der Waals surface area (Å²) in [6.07, 6.45) is 4.09. The van der Waals surface area contributed by atoms with Crippen LogP contribution in [0.4, 0.5) is 17.2 Å². The van der Waals surface area contributed by atoms with Gasteiger partial charge in [0.15, 0.2) is 0 Å². The predicted octanol–water partition coefficient (Wildman–Crippen LogP) is 2.77. The molecule has 0 spiro atoms. The maximum atomic E-state index is 12.7. The molecule has 136 valence electrons. The van der Waals surface area contributed by atoms with Crippen LogP contribution in [0.2, 0.25) is 0 Å². The molecule has 1 N–H and O–H groups in total. The van der Waals surface area contributed by atoms with Crippen LogP contribution in [-0.2, 0) is 4.74 Å². The first-order valence-electron chi connectivity index (χ1n) is 9.25. The Kier molecular flexibility index (Phi) is 5.02. The first-order valence-corrected chi connectivity index (χ1v) is 9.25. The smallest absolute Gasteiger partial charge is 0.257 e. The second-order valence-corrected chi connectivity index (χ2v) is 6.67. The van der Waals surface area contributed by atoms with Crippen molar-refractivity contribution < 1.29 is 9.53 Å². The van der Waals surface area contributed by atoms with Gasteiger partial charge in [0.1, 0.15) is 5.82 Å². The number of hydrogen-bond acceptors (Lipinski definition) is 5. The summed E-state index contributed by atoms with van der Waals surface area (Å²) >= 11 is 0.